The summed E-state index contributed by atoms with van der Waals surface area (Å²) in [6.45, 7) is 1.76. The molecular weight excluding hydrogens is 202 g/mol. The molecule has 5 nitrogen and oxygen atoms in total. The standard InChI is InChI=1S/C8H13N3O2S/c1-5(9)6(4-12)14-8-10-3-2-7(13)11-8/h2-3,5-6,12H,4,9H2,1H3,(H,10,11,13). The molecule has 1 aromatic heterocycles. The van der Waals surface area contributed by atoms with E-state index >= 15 is 0 Å². The number of aliphatic hydroxyl groups excluding tert-OH is 1. The molecule has 0 bridgehead atoms. The largest absolute Gasteiger partial charge is 0.395 e. The number of nitrogens with one attached hydrogen (secondary N) is 1. The minimum absolute atomic E-state index is 0.0407. The summed E-state index contributed by atoms with van der Waals surface area (Å²) >= 11 is 1.27. The van der Waals surface area contributed by atoms with E-state index in [1.165, 1.54) is 24.0 Å². The van der Waals surface area contributed by atoms with Crippen molar-refractivity contribution in [3.05, 3.63) is 22.6 Å². The van der Waals surface area contributed by atoms with E-state index in [1.54, 1.807) is 6.92 Å². The highest BCUT2D eigenvalue weighted by Gasteiger charge is 2.15. The first-order valence-electron chi connectivity index (χ1n) is 4.22. The van der Waals surface area contributed by atoms with Crippen LogP contribution in [0.1, 0.15) is 6.92 Å². The van der Waals surface area contributed by atoms with E-state index in [9.17, 15) is 4.79 Å². The van der Waals surface area contributed by atoms with Crippen LogP contribution < -0.4 is 11.3 Å². The minimum atomic E-state index is -0.205. The summed E-state index contributed by atoms with van der Waals surface area (Å²) in [4.78, 5) is 17.4. The van der Waals surface area contributed by atoms with Crippen molar-refractivity contribution in [1.29, 1.82) is 0 Å². The van der Waals surface area contributed by atoms with Crippen LogP contribution in [0.4, 0.5) is 0 Å². The van der Waals surface area contributed by atoms with Crippen LogP contribution in [0.5, 0.6) is 0 Å². The van der Waals surface area contributed by atoms with Crippen molar-refractivity contribution in [2.45, 2.75) is 23.4 Å². The molecule has 4 N–H and O–H groups in total. The molecule has 1 aromatic rings. The Bertz CT molecular complexity index is 339. The summed E-state index contributed by atoms with van der Waals surface area (Å²) in [6.07, 6.45) is 1.43. The van der Waals surface area contributed by atoms with Gasteiger partial charge in [-0.3, -0.25) is 4.79 Å². The zero-order chi connectivity index (χ0) is 10.6. The Labute approximate surface area is 85.7 Å². The smallest absolute Gasteiger partial charge is 0.251 e. The van der Waals surface area contributed by atoms with Gasteiger partial charge in [0, 0.05) is 18.3 Å². The molecule has 0 aliphatic heterocycles. The van der Waals surface area contributed by atoms with Crippen LogP contribution >= 0.6 is 11.8 Å². The number of aromatic nitrogens is 2. The maximum Gasteiger partial charge on any atom is 0.251 e. The highest BCUT2D eigenvalue weighted by atomic mass is 32.2. The second-order valence-corrected chi connectivity index (χ2v) is 4.17. The number of nitrogens with two attached hydrogens (primary N) is 1. The van der Waals surface area contributed by atoms with Gasteiger partial charge in [-0.05, 0) is 6.92 Å². The molecule has 2 unspecified atom stereocenters. The number of aromatic amines is 1. The molecule has 14 heavy (non-hydrogen) atoms. The van der Waals surface area contributed by atoms with Gasteiger partial charge in [0.2, 0.25) is 0 Å². The molecule has 1 rings (SSSR count). The highest BCUT2D eigenvalue weighted by Crippen LogP contribution is 2.19. The molecule has 0 fully saturated rings. The van der Waals surface area contributed by atoms with Crippen molar-refractivity contribution in [1.82, 2.24) is 9.97 Å². The first kappa shape index (κ1) is 11.2. The fourth-order valence-electron chi connectivity index (χ4n) is 0.866. The highest BCUT2D eigenvalue weighted by molar-refractivity contribution is 7.99. The SMILES string of the molecule is CC(N)C(CO)Sc1nccc(=O)[nH]1. The summed E-state index contributed by atoms with van der Waals surface area (Å²) < 4.78 is 0. The monoisotopic (exact) mass is 215 g/mol. The van der Waals surface area contributed by atoms with Gasteiger partial charge in [-0.2, -0.15) is 0 Å². The molecule has 0 spiro atoms. The lowest BCUT2D eigenvalue weighted by molar-refractivity contribution is 0.285. The number of nitrogens with zero attached hydrogens (tertiary/aromatic N) is 1. The van der Waals surface area contributed by atoms with Crippen molar-refractivity contribution >= 4 is 11.8 Å². The Morgan fingerprint density at radius 1 is 1.79 bits per heavy atom. The van der Waals surface area contributed by atoms with Crippen LogP contribution in [0.15, 0.2) is 22.2 Å². The van der Waals surface area contributed by atoms with Crippen molar-refractivity contribution in [2.75, 3.05) is 6.61 Å². The van der Waals surface area contributed by atoms with E-state index < -0.39 is 0 Å². The summed E-state index contributed by atoms with van der Waals surface area (Å²) in [5.74, 6) is 0. The molecule has 6 heteroatoms. The summed E-state index contributed by atoms with van der Waals surface area (Å²) in [7, 11) is 0. The third-order valence-corrected chi connectivity index (χ3v) is 2.99. The van der Waals surface area contributed by atoms with Crippen molar-refractivity contribution in [3.8, 4) is 0 Å². The molecule has 0 aliphatic carbocycles. The number of H-pyrrole nitrogens is 1. The zero-order valence-electron chi connectivity index (χ0n) is 7.80. The topological polar surface area (TPSA) is 92.0 Å². The van der Waals surface area contributed by atoms with Crippen LogP contribution in [0, 0.1) is 0 Å². The number of hydrogen-bond acceptors (Lipinski definition) is 5. The lowest BCUT2D eigenvalue weighted by atomic mass is 10.3. The van der Waals surface area contributed by atoms with E-state index in [2.05, 4.69) is 9.97 Å². The second kappa shape index (κ2) is 5.14. The predicted octanol–water partition coefficient (Wildman–Crippen LogP) is -0.430. The van der Waals surface area contributed by atoms with Crippen molar-refractivity contribution < 1.29 is 5.11 Å². The second-order valence-electron chi connectivity index (χ2n) is 2.94. The van der Waals surface area contributed by atoms with Crippen LogP contribution in [-0.4, -0.2) is 33.0 Å². The first-order chi connectivity index (χ1) is 6.63. The molecular formula is C8H13N3O2S. The van der Waals surface area contributed by atoms with Gasteiger partial charge in [0.15, 0.2) is 5.16 Å². The van der Waals surface area contributed by atoms with Crippen LogP contribution in [0.2, 0.25) is 0 Å². The van der Waals surface area contributed by atoms with Crippen molar-refractivity contribution in [2.24, 2.45) is 5.73 Å². The average Bonchev–Trinajstić information content (AvgIpc) is 2.14. The summed E-state index contributed by atoms with van der Waals surface area (Å²) in [6, 6.07) is 1.18. The number of thioether (sulfide) groups is 1. The third kappa shape index (κ3) is 3.13. The van der Waals surface area contributed by atoms with Gasteiger partial charge >= 0.3 is 0 Å². The molecule has 0 aliphatic rings. The molecule has 0 radical (unpaired) electrons. The van der Waals surface area contributed by atoms with Gasteiger partial charge in [-0.1, -0.05) is 11.8 Å². The molecule has 0 amide bonds. The van der Waals surface area contributed by atoms with E-state index in [4.69, 9.17) is 10.8 Å². The maximum absolute atomic E-state index is 10.9. The molecule has 1 heterocycles. The number of aliphatic hydroxyl groups is 1. The fourth-order valence-corrected chi connectivity index (χ4v) is 1.72. The summed E-state index contributed by atoms with van der Waals surface area (Å²) in [5, 5.41) is 9.33. The Morgan fingerprint density at radius 3 is 3.00 bits per heavy atom. The Hall–Kier alpha value is -0.850. The number of hydrogen-bond donors (Lipinski definition) is 3. The van der Waals surface area contributed by atoms with Crippen LogP contribution in [0.25, 0.3) is 0 Å². The zero-order valence-corrected chi connectivity index (χ0v) is 8.62. The quantitative estimate of drug-likeness (QED) is 0.468. The number of rotatable bonds is 4. The van der Waals surface area contributed by atoms with E-state index in [-0.39, 0.29) is 23.5 Å². The molecule has 0 aromatic carbocycles. The van der Waals surface area contributed by atoms with Gasteiger partial charge in [0.1, 0.15) is 0 Å². The van der Waals surface area contributed by atoms with E-state index in [1.807, 2.05) is 0 Å². The minimum Gasteiger partial charge on any atom is -0.395 e. The van der Waals surface area contributed by atoms with Gasteiger partial charge in [-0.15, -0.1) is 0 Å². The Kier molecular flexibility index (Phi) is 4.12. The lowest BCUT2D eigenvalue weighted by Gasteiger charge is -2.16. The third-order valence-electron chi connectivity index (χ3n) is 1.68. The molecule has 0 saturated heterocycles. The Morgan fingerprint density at radius 2 is 2.50 bits per heavy atom. The molecule has 78 valence electrons. The first-order valence-corrected chi connectivity index (χ1v) is 5.10. The van der Waals surface area contributed by atoms with Crippen LogP contribution in [0.3, 0.4) is 0 Å². The normalized spacial score (nSPS) is 15.1. The van der Waals surface area contributed by atoms with Gasteiger partial charge in [-0.25, -0.2) is 4.98 Å². The van der Waals surface area contributed by atoms with E-state index in [0.717, 1.165) is 0 Å². The molecule has 0 saturated carbocycles. The Balaban J connectivity index is 2.72. The predicted molar refractivity (Wildman–Crippen MR) is 55.2 cm³/mol. The van der Waals surface area contributed by atoms with E-state index in [0.29, 0.717) is 5.16 Å². The molecule has 2 atom stereocenters. The van der Waals surface area contributed by atoms with Gasteiger partial charge in [0.05, 0.1) is 11.9 Å². The van der Waals surface area contributed by atoms with Gasteiger partial charge < -0.3 is 15.8 Å². The fraction of sp³-hybridized carbons (Fsp3) is 0.500. The summed E-state index contributed by atoms with van der Waals surface area (Å²) in [5.41, 5.74) is 5.43. The van der Waals surface area contributed by atoms with Gasteiger partial charge in [0.25, 0.3) is 5.56 Å². The van der Waals surface area contributed by atoms with Crippen molar-refractivity contribution in [3.63, 3.8) is 0 Å². The maximum atomic E-state index is 10.9. The average molecular weight is 215 g/mol. The van der Waals surface area contributed by atoms with Crippen LogP contribution in [-0.2, 0) is 0 Å². The lowest BCUT2D eigenvalue weighted by Crippen LogP contribution is -2.32.